The zero-order valence-corrected chi connectivity index (χ0v) is 11.0. The van der Waals surface area contributed by atoms with Gasteiger partial charge < -0.3 is 5.73 Å². The first-order valence-corrected chi connectivity index (χ1v) is 7.17. The van der Waals surface area contributed by atoms with Gasteiger partial charge in [-0.2, -0.15) is 0 Å². The van der Waals surface area contributed by atoms with Crippen LogP contribution in [0, 0.1) is 5.92 Å². The summed E-state index contributed by atoms with van der Waals surface area (Å²) in [4.78, 5) is 2.68. The fourth-order valence-corrected chi connectivity index (χ4v) is 4.24. The van der Waals surface area contributed by atoms with Gasteiger partial charge in [-0.25, -0.2) is 0 Å². The predicted octanol–water partition coefficient (Wildman–Crippen LogP) is 2.77. The molecular weight excluding hydrogens is 196 g/mol. The molecule has 2 saturated carbocycles. The van der Waals surface area contributed by atoms with E-state index in [1.54, 1.807) is 0 Å². The lowest BCUT2D eigenvalue weighted by atomic mass is 9.82. The average Bonchev–Trinajstić information content (AvgIpc) is 2.97. The highest BCUT2D eigenvalue weighted by Crippen LogP contribution is 2.43. The summed E-state index contributed by atoms with van der Waals surface area (Å²) in [7, 11) is 2.34. The largest absolute Gasteiger partial charge is 0.329 e. The Morgan fingerprint density at radius 2 is 1.88 bits per heavy atom. The van der Waals surface area contributed by atoms with Crippen LogP contribution in [-0.2, 0) is 0 Å². The molecule has 94 valence electrons. The molecule has 2 aliphatic rings. The third-order valence-corrected chi connectivity index (χ3v) is 5.34. The van der Waals surface area contributed by atoms with Crippen LogP contribution in [0.25, 0.3) is 0 Å². The maximum atomic E-state index is 6.16. The van der Waals surface area contributed by atoms with Crippen molar-refractivity contribution in [2.75, 3.05) is 13.6 Å². The van der Waals surface area contributed by atoms with Crippen LogP contribution < -0.4 is 5.73 Å². The van der Waals surface area contributed by atoms with E-state index in [-0.39, 0.29) is 0 Å². The fraction of sp³-hybridized carbons (Fsp3) is 1.00. The molecular formula is C14H28N2. The summed E-state index contributed by atoms with van der Waals surface area (Å²) in [6, 6.07) is 0.815. The van der Waals surface area contributed by atoms with Crippen molar-refractivity contribution < 1.29 is 0 Å². The summed E-state index contributed by atoms with van der Waals surface area (Å²) in [5, 5.41) is 0. The molecule has 0 spiro atoms. The predicted molar refractivity (Wildman–Crippen MR) is 69.4 cm³/mol. The average molecular weight is 224 g/mol. The van der Waals surface area contributed by atoms with E-state index in [4.69, 9.17) is 5.73 Å². The molecule has 0 aromatic rings. The fourth-order valence-electron chi connectivity index (χ4n) is 4.24. The Morgan fingerprint density at radius 3 is 2.44 bits per heavy atom. The Kier molecular flexibility index (Phi) is 3.91. The van der Waals surface area contributed by atoms with Crippen LogP contribution in [0.2, 0.25) is 0 Å². The normalized spacial score (nSPS) is 36.4. The molecule has 0 saturated heterocycles. The Bertz CT molecular complexity index is 223. The van der Waals surface area contributed by atoms with Gasteiger partial charge in [0, 0.05) is 18.1 Å². The van der Waals surface area contributed by atoms with Gasteiger partial charge in [0.2, 0.25) is 0 Å². The Balaban J connectivity index is 2.12. The van der Waals surface area contributed by atoms with Gasteiger partial charge >= 0.3 is 0 Å². The zero-order chi connectivity index (χ0) is 11.6. The number of likely N-dealkylation sites (N-methyl/N-ethyl adjacent to an activating group) is 1. The highest BCUT2D eigenvalue weighted by atomic mass is 15.2. The quantitative estimate of drug-likeness (QED) is 0.795. The monoisotopic (exact) mass is 224 g/mol. The second-order valence-corrected chi connectivity index (χ2v) is 5.85. The van der Waals surface area contributed by atoms with Crippen LogP contribution in [-0.4, -0.2) is 30.1 Å². The van der Waals surface area contributed by atoms with Gasteiger partial charge in [-0.05, 0) is 38.6 Å². The van der Waals surface area contributed by atoms with Crippen molar-refractivity contribution in [3.63, 3.8) is 0 Å². The number of nitrogens with two attached hydrogens (primary N) is 1. The van der Waals surface area contributed by atoms with E-state index in [9.17, 15) is 0 Å². The SMILES string of the molecule is CCC1CCCC1(CN)N(C)C1CCCC1. The van der Waals surface area contributed by atoms with Gasteiger partial charge in [0.15, 0.2) is 0 Å². The third-order valence-electron chi connectivity index (χ3n) is 5.34. The summed E-state index contributed by atoms with van der Waals surface area (Å²) in [5.41, 5.74) is 6.50. The molecule has 0 radical (unpaired) electrons. The molecule has 2 rings (SSSR count). The van der Waals surface area contributed by atoms with Crippen molar-refractivity contribution in [2.45, 2.75) is 69.9 Å². The summed E-state index contributed by atoms with van der Waals surface area (Å²) in [5.74, 6) is 0.836. The van der Waals surface area contributed by atoms with Gasteiger partial charge in [0.25, 0.3) is 0 Å². The number of hydrogen-bond donors (Lipinski definition) is 1. The standard InChI is InChI=1S/C14H28N2/c1-3-12-7-6-10-14(12,11-15)16(2)13-8-4-5-9-13/h12-13H,3-11,15H2,1-2H3. The van der Waals surface area contributed by atoms with Crippen molar-refractivity contribution in [1.29, 1.82) is 0 Å². The first-order valence-electron chi connectivity index (χ1n) is 7.17. The molecule has 0 aromatic carbocycles. The lowest BCUT2D eigenvalue weighted by Crippen LogP contribution is -2.57. The van der Waals surface area contributed by atoms with Crippen molar-refractivity contribution >= 4 is 0 Å². The van der Waals surface area contributed by atoms with E-state index in [0.717, 1.165) is 18.5 Å². The molecule has 0 aromatic heterocycles. The van der Waals surface area contributed by atoms with Crippen molar-refractivity contribution in [3.8, 4) is 0 Å². The highest BCUT2D eigenvalue weighted by Gasteiger charge is 2.46. The second kappa shape index (κ2) is 5.05. The molecule has 16 heavy (non-hydrogen) atoms. The second-order valence-electron chi connectivity index (χ2n) is 5.85. The van der Waals surface area contributed by atoms with Crippen LogP contribution >= 0.6 is 0 Å². The first kappa shape index (κ1) is 12.4. The van der Waals surface area contributed by atoms with Crippen molar-refractivity contribution in [2.24, 2.45) is 11.7 Å². The zero-order valence-electron chi connectivity index (χ0n) is 11.0. The van der Waals surface area contributed by atoms with Crippen LogP contribution in [0.4, 0.5) is 0 Å². The summed E-state index contributed by atoms with van der Waals surface area (Å²) in [6.07, 6.45) is 11.0. The van der Waals surface area contributed by atoms with Crippen molar-refractivity contribution in [3.05, 3.63) is 0 Å². The Morgan fingerprint density at radius 1 is 1.19 bits per heavy atom. The minimum absolute atomic E-state index is 0.337. The van der Waals surface area contributed by atoms with Gasteiger partial charge in [-0.1, -0.05) is 32.6 Å². The van der Waals surface area contributed by atoms with E-state index in [1.807, 2.05) is 0 Å². The summed E-state index contributed by atoms with van der Waals surface area (Å²) >= 11 is 0. The molecule has 0 amide bonds. The highest BCUT2D eigenvalue weighted by molar-refractivity contribution is 5.02. The Labute approximate surface area is 101 Å². The molecule has 2 unspecified atom stereocenters. The molecule has 2 N–H and O–H groups in total. The molecule has 0 bridgehead atoms. The maximum absolute atomic E-state index is 6.16. The topological polar surface area (TPSA) is 29.3 Å². The van der Waals surface area contributed by atoms with Crippen LogP contribution in [0.5, 0.6) is 0 Å². The lowest BCUT2D eigenvalue weighted by Gasteiger charge is -2.46. The van der Waals surface area contributed by atoms with E-state index >= 15 is 0 Å². The van der Waals surface area contributed by atoms with Crippen LogP contribution in [0.15, 0.2) is 0 Å². The van der Waals surface area contributed by atoms with Gasteiger partial charge in [0.05, 0.1) is 0 Å². The maximum Gasteiger partial charge on any atom is 0.0359 e. The van der Waals surface area contributed by atoms with Crippen LogP contribution in [0.1, 0.15) is 58.3 Å². The van der Waals surface area contributed by atoms with E-state index in [0.29, 0.717) is 5.54 Å². The van der Waals surface area contributed by atoms with E-state index in [2.05, 4.69) is 18.9 Å². The molecule has 0 aliphatic heterocycles. The minimum atomic E-state index is 0.337. The number of hydrogen-bond acceptors (Lipinski definition) is 2. The third kappa shape index (κ3) is 1.91. The van der Waals surface area contributed by atoms with E-state index in [1.165, 1.54) is 51.4 Å². The minimum Gasteiger partial charge on any atom is -0.329 e. The number of nitrogens with zero attached hydrogens (tertiary/aromatic N) is 1. The van der Waals surface area contributed by atoms with Gasteiger partial charge in [-0.15, -0.1) is 0 Å². The van der Waals surface area contributed by atoms with E-state index < -0.39 is 0 Å². The van der Waals surface area contributed by atoms with Crippen molar-refractivity contribution in [1.82, 2.24) is 4.90 Å². The summed E-state index contributed by atoms with van der Waals surface area (Å²) < 4.78 is 0. The lowest BCUT2D eigenvalue weighted by molar-refractivity contribution is 0.0437. The molecule has 0 heterocycles. The van der Waals surface area contributed by atoms with Gasteiger partial charge in [-0.3, -0.25) is 4.90 Å². The Hall–Kier alpha value is -0.0800. The molecule has 2 atom stereocenters. The molecule has 2 nitrogen and oxygen atoms in total. The van der Waals surface area contributed by atoms with Gasteiger partial charge in [0.1, 0.15) is 0 Å². The molecule has 2 fully saturated rings. The molecule has 2 aliphatic carbocycles. The molecule has 2 heteroatoms. The first-order chi connectivity index (χ1) is 7.74. The smallest absolute Gasteiger partial charge is 0.0359 e. The summed E-state index contributed by atoms with van der Waals surface area (Å²) in [6.45, 7) is 3.20. The van der Waals surface area contributed by atoms with Crippen LogP contribution in [0.3, 0.4) is 0 Å². The number of rotatable bonds is 4.